The maximum Gasteiger partial charge on any atom is 0.306 e. The van der Waals surface area contributed by atoms with E-state index in [4.69, 9.17) is 0 Å². The zero-order valence-corrected chi connectivity index (χ0v) is 21.6. The third-order valence-corrected chi connectivity index (χ3v) is 7.44. The van der Waals surface area contributed by atoms with E-state index in [1.807, 2.05) is 0 Å². The van der Waals surface area contributed by atoms with Crippen LogP contribution in [0.3, 0.4) is 0 Å². The molecule has 0 spiro atoms. The number of hydrogen-bond donors (Lipinski definition) is 1. The van der Waals surface area contributed by atoms with Crippen molar-refractivity contribution in [1.29, 1.82) is 0 Å². The number of amides is 1. The lowest BCUT2D eigenvalue weighted by Gasteiger charge is -2.26. The van der Waals surface area contributed by atoms with Crippen LogP contribution in [0.1, 0.15) is 67.0 Å². The van der Waals surface area contributed by atoms with Crippen LogP contribution in [0.15, 0.2) is 48.5 Å². The van der Waals surface area contributed by atoms with Crippen LogP contribution in [0, 0.1) is 17.5 Å². The Balaban J connectivity index is 1.49. The number of nitrogens with zero attached hydrogens (tertiary/aromatic N) is 3. The predicted molar refractivity (Wildman–Crippen MR) is 141 cm³/mol. The Labute approximate surface area is 225 Å². The van der Waals surface area contributed by atoms with Gasteiger partial charge >= 0.3 is 5.91 Å². The number of hydrogen-bond acceptors (Lipinski definition) is 4. The molecule has 1 aliphatic heterocycles. The van der Waals surface area contributed by atoms with Crippen LogP contribution in [0.4, 0.5) is 13.2 Å². The second-order valence-corrected chi connectivity index (χ2v) is 10.2. The summed E-state index contributed by atoms with van der Waals surface area (Å²) in [6.45, 7) is 1.42. The number of carbonyl (C=O) groups excluding carboxylic acids is 2. The maximum absolute atomic E-state index is 15.0. The van der Waals surface area contributed by atoms with Gasteiger partial charge < -0.3 is 0 Å². The summed E-state index contributed by atoms with van der Waals surface area (Å²) in [5.41, 5.74) is 5.82. The summed E-state index contributed by atoms with van der Waals surface area (Å²) in [5.74, 6) is -3.24. The van der Waals surface area contributed by atoms with E-state index in [2.05, 4.69) is 10.5 Å². The first-order valence-electron chi connectivity index (χ1n) is 13.5. The van der Waals surface area contributed by atoms with Gasteiger partial charge in [0.15, 0.2) is 5.82 Å². The summed E-state index contributed by atoms with van der Waals surface area (Å²) in [6.07, 6.45) is 9.58. The van der Waals surface area contributed by atoms with Gasteiger partial charge in [-0.15, -0.1) is 0 Å². The summed E-state index contributed by atoms with van der Waals surface area (Å²) >= 11 is 0. The quantitative estimate of drug-likeness (QED) is 0.248. The van der Waals surface area contributed by atoms with Crippen molar-refractivity contribution in [3.05, 3.63) is 88.5 Å². The van der Waals surface area contributed by atoms with Crippen LogP contribution in [0.25, 0.3) is 11.8 Å². The van der Waals surface area contributed by atoms with E-state index in [1.165, 1.54) is 41.1 Å². The van der Waals surface area contributed by atoms with Crippen LogP contribution < -0.4 is 5.43 Å². The average molecular weight is 537 g/mol. The largest absolute Gasteiger partial charge is 0.306 e. The summed E-state index contributed by atoms with van der Waals surface area (Å²) < 4.78 is 43.7. The van der Waals surface area contributed by atoms with Crippen molar-refractivity contribution in [3.8, 4) is 5.69 Å². The van der Waals surface area contributed by atoms with Gasteiger partial charge in [-0.3, -0.25) is 15.0 Å². The predicted octanol–water partition coefficient (Wildman–Crippen LogP) is 5.44. The summed E-state index contributed by atoms with van der Waals surface area (Å²) in [7, 11) is 0. The number of rotatable bonds is 7. The Kier molecular flexibility index (Phi) is 8.26. The Morgan fingerprint density at radius 2 is 1.69 bits per heavy atom. The van der Waals surface area contributed by atoms with E-state index in [9.17, 15) is 22.8 Å². The van der Waals surface area contributed by atoms with Crippen molar-refractivity contribution >= 4 is 17.8 Å². The van der Waals surface area contributed by atoms with E-state index < -0.39 is 23.3 Å². The minimum absolute atomic E-state index is 0.0647. The van der Waals surface area contributed by atoms with Gasteiger partial charge in [0, 0.05) is 30.6 Å². The van der Waals surface area contributed by atoms with Crippen molar-refractivity contribution in [2.45, 2.75) is 57.3 Å². The van der Waals surface area contributed by atoms with Crippen molar-refractivity contribution in [1.82, 2.24) is 20.2 Å². The van der Waals surface area contributed by atoms with Gasteiger partial charge in [0.25, 0.3) is 0 Å². The number of benzene rings is 2. The fourth-order valence-corrected chi connectivity index (χ4v) is 5.49. The molecular weight excluding hydrogens is 505 g/mol. The molecule has 3 aromatic rings. The summed E-state index contributed by atoms with van der Waals surface area (Å²) in [4.78, 5) is 25.1. The first kappa shape index (κ1) is 26.9. The molecule has 9 heteroatoms. The van der Waals surface area contributed by atoms with Crippen molar-refractivity contribution in [2.24, 2.45) is 0 Å². The first-order chi connectivity index (χ1) is 18.9. The standard InChI is InChI=1S/C30H31F3N4O2/c31-22-10-8-20(9-11-22)18-21-6-2-3-7-24-26(13-15-28(38)30(39)35-36-16-4-1-5-17-36)34-37(29(21)24)27-14-12-23(32)19-25(27)33/h8-15,19,21H,1-7,16-18H2,(H,35,39)/b15-13+. The van der Waals surface area contributed by atoms with Gasteiger partial charge in [0.2, 0.25) is 5.78 Å². The van der Waals surface area contributed by atoms with Gasteiger partial charge in [-0.05, 0) is 80.5 Å². The first-order valence-corrected chi connectivity index (χ1v) is 13.5. The molecule has 1 fully saturated rings. The van der Waals surface area contributed by atoms with Crippen LogP contribution in [0.5, 0.6) is 0 Å². The molecule has 1 atom stereocenters. The van der Waals surface area contributed by atoms with Crippen molar-refractivity contribution in [3.63, 3.8) is 0 Å². The molecule has 204 valence electrons. The van der Waals surface area contributed by atoms with Gasteiger partial charge in [0.1, 0.15) is 17.3 Å². The monoisotopic (exact) mass is 536 g/mol. The van der Waals surface area contributed by atoms with Gasteiger partial charge in [-0.1, -0.05) is 25.0 Å². The molecule has 0 bridgehead atoms. The normalized spacial score (nSPS) is 18.1. The molecular formula is C30H31F3N4O2. The van der Waals surface area contributed by atoms with Crippen molar-refractivity contribution in [2.75, 3.05) is 13.1 Å². The van der Waals surface area contributed by atoms with E-state index >= 15 is 0 Å². The van der Waals surface area contributed by atoms with Crippen molar-refractivity contribution < 1.29 is 22.8 Å². The Morgan fingerprint density at radius 3 is 2.44 bits per heavy atom. The van der Waals surface area contributed by atoms with E-state index in [-0.39, 0.29) is 17.4 Å². The van der Waals surface area contributed by atoms with Gasteiger partial charge in [0.05, 0.1) is 11.4 Å². The molecule has 39 heavy (non-hydrogen) atoms. The highest BCUT2D eigenvalue weighted by atomic mass is 19.1. The molecule has 0 radical (unpaired) electrons. The lowest BCUT2D eigenvalue weighted by atomic mass is 9.91. The SMILES string of the molecule is O=C(/C=C/c1nn(-c2ccc(F)cc2F)c2c1CCCCC2Cc1ccc(F)cc1)C(=O)NN1CCCCC1. The fraction of sp³-hybridized carbons (Fsp3) is 0.367. The number of fused-ring (bicyclic) bond motifs is 1. The second-order valence-electron chi connectivity index (χ2n) is 10.2. The highest BCUT2D eigenvalue weighted by Crippen LogP contribution is 2.37. The molecule has 1 N–H and O–H groups in total. The molecule has 0 saturated carbocycles. The molecule has 1 amide bonds. The molecule has 2 aliphatic rings. The van der Waals surface area contributed by atoms with E-state index in [1.54, 1.807) is 17.1 Å². The summed E-state index contributed by atoms with van der Waals surface area (Å²) in [5, 5.41) is 6.42. The zero-order chi connectivity index (χ0) is 27.4. The number of hydrazine groups is 1. The Morgan fingerprint density at radius 1 is 0.949 bits per heavy atom. The highest BCUT2D eigenvalue weighted by Gasteiger charge is 2.28. The van der Waals surface area contributed by atoms with Crippen LogP contribution in [-0.2, 0) is 22.4 Å². The Hall–Kier alpha value is -3.72. The number of halogens is 3. The molecule has 5 rings (SSSR count). The van der Waals surface area contributed by atoms with Crippen LogP contribution in [0.2, 0.25) is 0 Å². The molecule has 1 aromatic heterocycles. The minimum atomic E-state index is -0.752. The summed E-state index contributed by atoms with van der Waals surface area (Å²) in [6, 6.07) is 9.65. The van der Waals surface area contributed by atoms with Crippen LogP contribution >= 0.6 is 0 Å². The number of piperidine rings is 1. The Bertz CT molecular complexity index is 1380. The number of carbonyl (C=O) groups is 2. The molecule has 2 heterocycles. The topological polar surface area (TPSA) is 67.2 Å². The molecule has 6 nitrogen and oxygen atoms in total. The molecule has 1 aliphatic carbocycles. The zero-order valence-electron chi connectivity index (χ0n) is 21.6. The third kappa shape index (κ3) is 6.30. The second kappa shape index (κ2) is 12.0. The highest BCUT2D eigenvalue weighted by molar-refractivity contribution is 6.41. The van der Waals surface area contributed by atoms with Gasteiger partial charge in [-0.25, -0.2) is 22.9 Å². The van der Waals surface area contributed by atoms with E-state index in [0.717, 1.165) is 61.4 Å². The number of aromatic nitrogens is 2. The number of nitrogens with one attached hydrogen (secondary N) is 1. The fourth-order valence-electron chi connectivity index (χ4n) is 5.49. The lowest BCUT2D eigenvalue weighted by Crippen LogP contribution is -2.47. The van der Waals surface area contributed by atoms with E-state index in [0.29, 0.717) is 31.6 Å². The molecule has 1 unspecified atom stereocenters. The average Bonchev–Trinajstić information content (AvgIpc) is 3.15. The van der Waals surface area contributed by atoms with Crippen LogP contribution in [-0.4, -0.2) is 39.6 Å². The lowest BCUT2D eigenvalue weighted by molar-refractivity contribution is -0.138. The minimum Gasteiger partial charge on any atom is -0.284 e. The molecule has 1 saturated heterocycles. The smallest absolute Gasteiger partial charge is 0.284 e. The third-order valence-electron chi connectivity index (χ3n) is 7.44. The maximum atomic E-state index is 15.0. The molecule has 2 aromatic carbocycles. The van der Waals surface area contributed by atoms with Gasteiger partial charge in [-0.2, -0.15) is 5.10 Å². The number of ketones is 1.